The van der Waals surface area contributed by atoms with Crippen molar-refractivity contribution in [3.63, 3.8) is 0 Å². The number of halogens is 1. The lowest BCUT2D eigenvalue weighted by Gasteiger charge is -2.06. The van der Waals surface area contributed by atoms with Gasteiger partial charge in [-0.25, -0.2) is 0 Å². The molecule has 1 heterocycles. The summed E-state index contributed by atoms with van der Waals surface area (Å²) < 4.78 is 0.894. The predicted molar refractivity (Wildman–Crippen MR) is 85.0 cm³/mol. The van der Waals surface area contributed by atoms with E-state index in [2.05, 4.69) is 20.9 Å². The molecule has 0 fully saturated rings. The van der Waals surface area contributed by atoms with E-state index in [0.29, 0.717) is 16.8 Å². The Kier molecular flexibility index (Phi) is 3.10. The Morgan fingerprint density at radius 1 is 1.20 bits per heavy atom. The summed E-state index contributed by atoms with van der Waals surface area (Å²) >= 11 is 3.50. The van der Waals surface area contributed by atoms with Crippen LogP contribution in [-0.2, 0) is 0 Å². The van der Waals surface area contributed by atoms with Crippen molar-refractivity contribution in [1.29, 1.82) is 0 Å². The fourth-order valence-corrected chi connectivity index (χ4v) is 2.91. The lowest BCUT2D eigenvalue weighted by atomic mass is 9.99. The number of rotatable bonds is 2. The van der Waals surface area contributed by atoms with E-state index < -0.39 is 0 Å². The number of aromatic nitrogens is 1. The van der Waals surface area contributed by atoms with Gasteiger partial charge in [0.25, 0.3) is 0 Å². The van der Waals surface area contributed by atoms with Crippen LogP contribution in [0.1, 0.15) is 21.5 Å². The van der Waals surface area contributed by atoms with Crippen LogP contribution in [0.5, 0.6) is 0 Å². The van der Waals surface area contributed by atoms with E-state index in [1.165, 1.54) is 0 Å². The number of hydrogen-bond acceptors (Lipinski definition) is 2. The van der Waals surface area contributed by atoms with E-state index in [1.54, 1.807) is 12.3 Å². The fraction of sp³-hybridized carbons (Fsp3) is 0.0625. The molecule has 0 aliphatic rings. The first-order chi connectivity index (χ1) is 9.58. The molecule has 1 aromatic heterocycles. The molecule has 0 saturated carbocycles. The average Bonchev–Trinajstić information content (AvgIpc) is 2.86. The topological polar surface area (TPSA) is 58.9 Å². The summed E-state index contributed by atoms with van der Waals surface area (Å²) in [6, 6.07) is 11.3. The van der Waals surface area contributed by atoms with Crippen LogP contribution in [0.25, 0.3) is 10.9 Å². The SMILES string of the molecule is Cc1ccc(N)c(C(=O)c2c[nH]c3cccc(Br)c23)c1. The zero-order chi connectivity index (χ0) is 14.3. The van der Waals surface area contributed by atoms with Crippen molar-refractivity contribution in [3.05, 3.63) is 63.8 Å². The molecule has 0 atom stereocenters. The first-order valence-electron chi connectivity index (χ1n) is 6.24. The van der Waals surface area contributed by atoms with Crippen molar-refractivity contribution in [2.75, 3.05) is 5.73 Å². The van der Waals surface area contributed by atoms with Crippen LogP contribution in [0.3, 0.4) is 0 Å². The summed E-state index contributed by atoms with van der Waals surface area (Å²) in [6.45, 7) is 1.95. The molecule has 3 N–H and O–H groups in total. The van der Waals surface area contributed by atoms with Crippen LogP contribution in [0.4, 0.5) is 5.69 Å². The van der Waals surface area contributed by atoms with Crippen molar-refractivity contribution < 1.29 is 4.79 Å². The molecule has 0 amide bonds. The van der Waals surface area contributed by atoms with Gasteiger partial charge in [0.1, 0.15) is 0 Å². The smallest absolute Gasteiger partial charge is 0.197 e. The highest BCUT2D eigenvalue weighted by Crippen LogP contribution is 2.29. The minimum absolute atomic E-state index is 0.0654. The molecule has 3 rings (SSSR count). The minimum Gasteiger partial charge on any atom is -0.398 e. The Bertz CT molecular complexity index is 820. The van der Waals surface area contributed by atoms with Crippen molar-refractivity contribution in [2.45, 2.75) is 6.92 Å². The Hall–Kier alpha value is -2.07. The molecule has 0 aliphatic heterocycles. The van der Waals surface area contributed by atoms with Gasteiger partial charge in [-0.2, -0.15) is 0 Å². The summed E-state index contributed by atoms with van der Waals surface area (Å²) in [5.74, 6) is -0.0654. The number of nitrogens with one attached hydrogen (secondary N) is 1. The highest BCUT2D eigenvalue weighted by molar-refractivity contribution is 9.10. The number of aromatic amines is 1. The summed E-state index contributed by atoms with van der Waals surface area (Å²) in [5, 5.41) is 0.887. The number of anilines is 1. The van der Waals surface area contributed by atoms with E-state index in [-0.39, 0.29) is 5.78 Å². The van der Waals surface area contributed by atoms with Crippen LogP contribution in [0.15, 0.2) is 47.1 Å². The molecule has 20 heavy (non-hydrogen) atoms. The summed E-state index contributed by atoms with van der Waals surface area (Å²) in [7, 11) is 0. The highest BCUT2D eigenvalue weighted by atomic mass is 79.9. The summed E-state index contributed by atoms with van der Waals surface area (Å²) in [5.41, 5.74) is 9.55. The lowest BCUT2D eigenvalue weighted by molar-refractivity contribution is 0.104. The maximum Gasteiger partial charge on any atom is 0.197 e. The Balaban J connectivity index is 2.21. The van der Waals surface area contributed by atoms with Gasteiger partial charge in [0.15, 0.2) is 5.78 Å². The Morgan fingerprint density at radius 3 is 2.80 bits per heavy atom. The molecule has 4 heteroatoms. The third kappa shape index (κ3) is 2.02. The molecule has 0 unspecified atom stereocenters. The monoisotopic (exact) mass is 328 g/mol. The standard InChI is InChI=1S/C16H13BrN2O/c1-9-5-6-13(18)10(7-9)16(20)11-8-19-14-4-2-3-12(17)15(11)14/h2-8,19H,18H2,1H3. The second-order valence-electron chi connectivity index (χ2n) is 4.78. The van der Waals surface area contributed by atoms with Gasteiger partial charge in [0, 0.05) is 38.4 Å². The largest absolute Gasteiger partial charge is 0.398 e. The van der Waals surface area contributed by atoms with Gasteiger partial charge in [0.2, 0.25) is 0 Å². The number of ketones is 1. The van der Waals surface area contributed by atoms with E-state index in [0.717, 1.165) is 20.9 Å². The number of carbonyl (C=O) groups is 1. The molecule has 3 nitrogen and oxygen atoms in total. The zero-order valence-corrected chi connectivity index (χ0v) is 12.5. The molecule has 100 valence electrons. The molecule has 0 spiro atoms. The average molecular weight is 329 g/mol. The van der Waals surface area contributed by atoms with Crippen LogP contribution in [0, 0.1) is 6.92 Å². The molecular weight excluding hydrogens is 316 g/mol. The fourth-order valence-electron chi connectivity index (χ4n) is 2.33. The van der Waals surface area contributed by atoms with E-state index >= 15 is 0 Å². The van der Waals surface area contributed by atoms with Gasteiger partial charge >= 0.3 is 0 Å². The third-order valence-corrected chi connectivity index (χ3v) is 4.01. The van der Waals surface area contributed by atoms with Gasteiger partial charge in [-0.1, -0.05) is 33.6 Å². The number of nitrogen functional groups attached to an aromatic ring is 1. The van der Waals surface area contributed by atoms with Gasteiger partial charge in [-0.3, -0.25) is 4.79 Å². The second kappa shape index (κ2) is 4.80. The minimum atomic E-state index is -0.0654. The molecule has 0 saturated heterocycles. The third-order valence-electron chi connectivity index (χ3n) is 3.35. The number of nitrogens with two attached hydrogens (primary N) is 1. The summed E-state index contributed by atoms with van der Waals surface area (Å²) in [4.78, 5) is 15.8. The van der Waals surface area contributed by atoms with Crippen molar-refractivity contribution >= 4 is 38.3 Å². The number of aryl methyl sites for hydroxylation is 1. The first-order valence-corrected chi connectivity index (χ1v) is 7.03. The summed E-state index contributed by atoms with van der Waals surface area (Å²) in [6.07, 6.45) is 1.74. The van der Waals surface area contributed by atoms with Gasteiger partial charge < -0.3 is 10.7 Å². The molecular formula is C16H13BrN2O. The van der Waals surface area contributed by atoms with Crippen LogP contribution >= 0.6 is 15.9 Å². The number of fused-ring (bicyclic) bond motifs is 1. The predicted octanol–water partition coefficient (Wildman–Crippen LogP) is 4.05. The van der Waals surface area contributed by atoms with Gasteiger partial charge in [0.05, 0.1) is 0 Å². The Morgan fingerprint density at radius 2 is 2.00 bits per heavy atom. The van der Waals surface area contributed by atoms with Crippen molar-refractivity contribution in [1.82, 2.24) is 4.98 Å². The number of benzene rings is 2. The maximum atomic E-state index is 12.7. The number of H-pyrrole nitrogens is 1. The molecule has 0 bridgehead atoms. The highest BCUT2D eigenvalue weighted by Gasteiger charge is 2.18. The number of carbonyl (C=O) groups excluding carboxylic acids is 1. The van der Waals surface area contributed by atoms with E-state index in [1.807, 2.05) is 37.3 Å². The van der Waals surface area contributed by atoms with Crippen LogP contribution in [0.2, 0.25) is 0 Å². The number of hydrogen-bond donors (Lipinski definition) is 2. The quantitative estimate of drug-likeness (QED) is 0.550. The molecule has 3 aromatic rings. The van der Waals surface area contributed by atoms with E-state index in [9.17, 15) is 4.79 Å². The van der Waals surface area contributed by atoms with Crippen molar-refractivity contribution in [2.24, 2.45) is 0 Å². The molecule has 0 radical (unpaired) electrons. The van der Waals surface area contributed by atoms with Crippen LogP contribution < -0.4 is 5.73 Å². The second-order valence-corrected chi connectivity index (χ2v) is 5.64. The Labute approximate surface area is 124 Å². The van der Waals surface area contributed by atoms with Gasteiger partial charge in [-0.05, 0) is 31.2 Å². The zero-order valence-electron chi connectivity index (χ0n) is 10.9. The molecule has 2 aromatic carbocycles. The lowest BCUT2D eigenvalue weighted by Crippen LogP contribution is -2.05. The molecule has 0 aliphatic carbocycles. The first kappa shape index (κ1) is 12.9. The van der Waals surface area contributed by atoms with Gasteiger partial charge in [-0.15, -0.1) is 0 Å². The van der Waals surface area contributed by atoms with Crippen molar-refractivity contribution in [3.8, 4) is 0 Å². The maximum absolute atomic E-state index is 12.7. The normalized spacial score (nSPS) is 10.9. The van der Waals surface area contributed by atoms with E-state index in [4.69, 9.17) is 5.73 Å². The van der Waals surface area contributed by atoms with Crippen LogP contribution in [-0.4, -0.2) is 10.8 Å².